The molecule has 0 saturated heterocycles. The lowest BCUT2D eigenvalue weighted by atomic mass is 9.92. The van der Waals surface area contributed by atoms with Gasteiger partial charge in [-0.15, -0.1) is 0 Å². The van der Waals surface area contributed by atoms with Gasteiger partial charge in [0.25, 0.3) is 17.4 Å². The van der Waals surface area contributed by atoms with Gasteiger partial charge in [-0.1, -0.05) is 30.3 Å². The van der Waals surface area contributed by atoms with E-state index in [0.717, 1.165) is 6.92 Å². The highest BCUT2D eigenvalue weighted by Crippen LogP contribution is 2.25. The smallest absolute Gasteiger partial charge is 0.304 e. The average Bonchev–Trinajstić information content (AvgIpc) is 2.25. The van der Waals surface area contributed by atoms with Gasteiger partial charge in [0.05, 0.1) is 0 Å². The number of ether oxygens (including phenoxy) is 1. The van der Waals surface area contributed by atoms with E-state index in [1.807, 2.05) is 0 Å². The first-order chi connectivity index (χ1) is 7.91. The summed E-state index contributed by atoms with van der Waals surface area (Å²) in [4.78, 5) is 33.9. The Morgan fingerprint density at radius 1 is 1.06 bits per heavy atom. The van der Waals surface area contributed by atoms with Gasteiger partial charge in [-0.25, -0.2) is 0 Å². The van der Waals surface area contributed by atoms with Crippen LogP contribution in [0.1, 0.15) is 12.5 Å². The van der Waals surface area contributed by atoms with Crippen LogP contribution in [0.25, 0.3) is 0 Å². The molecule has 2 amide bonds. The monoisotopic (exact) mass is 236 g/mol. The van der Waals surface area contributed by atoms with E-state index in [4.69, 9.17) is 16.2 Å². The number of esters is 1. The first kappa shape index (κ1) is 12.7. The van der Waals surface area contributed by atoms with Crippen molar-refractivity contribution in [3.8, 4) is 0 Å². The fourth-order valence-electron chi connectivity index (χ4n) is 1.45. The molecular weight excluding hydrogens is 224 g/mol. The molecule has 0 aliphatic heterocycles. The fourth-order valence-corrected chi connectivity index (χ4v) is 1.45. The van der Waals surface area contributed by atoms with Gasteiger partial charge in [-0.2, -0.15) is 0 Å². The van der Waals surface area contributed by atoms with Gasteiger partial charge in [0.15, 0.2) is 0 Å². The minimum atomic E-state index is -2.26. The third-order valence-corrected chi connectivity index (χ3v) is 2.17. The zero-order valence-electron chi connectivity index (χ0n) is 9.17. The molecule has 1 rings (SSSR count). The van der Waals surface area contributed by atoms with Gasteiger partial charge in [-0.05, 0) is 0 Å². The number of nitrogens with two attached hydrogens (primary N) is 2. The molecule has 1 aromatic rings. The number of benzene rings is 1. The molecule has 0 unspecified atom stereocenters. The number of hydrogen-bond donors (Lipinski definition) is 2. The second-order valence-electron chi connectivity index (χ2n) is 3.37. The summed E-state index contributed by atoms with van der Waals surface area (Å²) in [5.74, 6) is -3.09. The van der Waals surface area contributed by atoms with Crippen molar-refractivity contribution in [2.24, 2.45) is 11.5 Å². The molecule has 0 aliphatic rings. The van der Waals surface area contributed by atoms with E-state index in [1.165, 1.54) is 12.1 Å². The Morgan fingerprint density at radius 2 is 1.53 bits per heavy atom. The fraction of sp³-hybridized carbons (Fsp3) is 0.182. The molecule has 0 atom stereocenters. The van der Waals surface area contributed by atoms with Crippen LogP contribution in [0.3, 0.4) is 0 Å². The SMILES string of the molecule is CC(=O)OC(C(N)=O)(C(N)=O)c1ccccc1. The molecule has 0 radical (unpaired) electrons. The predicted octanol–water partition coefficient (Wildman–Crippen LogP) is -0.584. The van der Waals surface area contributed by atoms with E-state index in [0.29, 0.717) is 0 Å². The van der Waals surface area contributed by atoms with Crippen molar-refractivity contribution in [3.05, 3.63) is 35.9 Å². The zero-order chi connectivity index (χ0) is 13.1. The van der Waals surface area contributed by atoms with Crippen molar-refractivity contribution in [2.75, 3.05) is 0 Å². The van der Waals surface area contributed by atoms with E-state index >= 15 is 0 Å². The van der Waals surface area contributed by atoms with Crippen LogP contribution in [0.15, 0.2) is 30.3 Å². The summed E-state index contributed by atoms with van der Waals surface area (Å²) >= 11 is 0. The largest absolute Gasteiger partial charge is 0.434 e. The molecule has 0 saturated carbocycles. The van der Waals surface area contributed by atoms with Crippen LogP contribution in [0.2, 0.25) is 0 Å². The van der Waals surface area contributed by atoms with Gasteiger partial charge < -0.3 is 16.2 Å². The first-order valence-electron chi connectivity index (χ1n) is 4.76. The molecule has 4 N–H and O–H groups in total. The van der Waals surface area contributed by atoms with E-state index < -0.39 is 23.4 Å². The molecule has 17 heavy (non-hydrogen) atoms. The topological polar surface area (TPSA) is 112 Å². The van der Waals surface area contributed by atoms with E-state index in [9.17, 15) is 14.4 Å². The Bertz CT molecular complexity index is 442. The molecule has 0 aromatic heterocycles. The maximum absolute atomic E-state index is 11.4. The summed E-state index contributed by atoms with van der Waals surface area (Å²) in [5, 5.41) is 0. The lowest BCUT2D eigenvalue weighted by molar-refractivity contribution is -0.172. The Morgan fingerprint density at radius 3 is 1.88 bits per heavy atom. The molecule has 0 aliphatic carbocycles. The molecule has 6 heteroatoms. The normalized spacial score (nSPS) is 10.6. The standard InChI is InChI=1S/C11H12N2O4/c1-7(14)17-11(9(12)15,10(13)16)8-5-3-2-4-6-8/h2-6H,1H3,(H2,12,15)(H2,13,16). The summed E-state index contributed by atoms with van der Waals surface area (Å²) in [7, 11) is 0. The summed E-state index contributed by atoms with van der Waals surface area (Å²) in [6.45, 7) is 1.06. The van der Waals surface area contributed by atoms with Crippen molar-refractivity contribution in [1.29, 1.82) is 0 Å². The number of rotatable bonds is 4. The lowest BCUT2D eigenvalue weighted by Crippen LogP contribution is -2.54. The van der Waals surface area contributed by atoms with Crippen molar-refractivity contribution >= 4 is 17.8 Å². The highest BCUT2D eigenvalue weighted by Gasteiger charge is 2.48. The highest BCUT2D eigenvalue weighted by atomic mass is 16.6. The maximum atomic E-state index is 11.4. The number of amides is 2. The molecule has 6 nitrogen and oxygen atoms in total. The lowest BCUT2D eigenvalue weighted by Gasteiger charge is -2.26. The van der Waals surface area contributed by atoms with Crippen molar-refractivity contribution in [1.82, 2.24) is 0 Å². The summed E-state index contributed by atoms with van der Waals surface area (Å²) in [6, 6.07) is 7.67. The number of carbonyl (C=O) groups excluding carboxylic acids is 3. The second kappa shape index (κ2) is 4.65. The molecule has 1 aromatic carbocycles. The Kier molecular flexibility index (Phi) is 3.47. The van der Waals surface area contributed by atoms with Crippen LogP contribution >= 0.6 is 0 Å². The van der Waals surface area contributed by atoms with Gasteiger partial charge in [-0.3, -0.25) is 14.4 Å². The number of primary amides is 2. The molecule has 0 bridgehead atoms. The van der Waals surface area contributed by atoms with Gasteiger partial charge in [0, 0.05) is 12.5 Å². The number of hydrogen-bond acceptors (Lipinski definition) is 4. The maximum Gasteiger partial charge on any atom is 0.304 e. The van der Waals surface area contributed by atoms with Gasteiger partial charge in [0.1, 0.15) is 0 Å². The molecular formula is C11H12N2O4. The molecule has 0 fully saturated rings. The van der Waals surface area contributed by atoms with E-state index in [1.54, 1.807) is 18.2 Å². The third kappa shape index (κ3) is 2.25. The summed E-state index contributed by atoms with van der Waals surface area (Å²) in [5.41, 5.74) is 8.14. The van der Waals surface area contributed by atoms with Crippen molar-refractivity contribution in [2.45, 2.75) is 12.5 Å². The first-order valence-corrected chi connectivity index (χ1v) is 4.76. The van der Waals surface area contributed by atoms with E-state index in [2.05, 4.69) is 0 Å². The van der Waals surface area contributed by atoms with Crippen LogP contribution in [0, 0.1) is 0 Å². The van der Waals surface area contributed by atoms with Crippen LogP contribution in [-0.2, 0) is 24.7 Å². The Hall–Kier alpha value is -2.37. The van der Waals surface area contributed by atoms with Gasteiger partial charge >= 0.3 is 5.97 Å². The average molecular weight is 236 g/mol. The highest BCUT2D eigenvalue weighted by molar-refractivity contribution is 6.09. The van der Waals surface area contributed by atoms with Crippen LogP contribution < -0.4 is 11.5 Å². The van der Waals surface area contributed by atoms with Crippen LogP contribution in [0.4, 0.5) is 0 Å². The van der Waals surface area contributed by atoms with Crippen LogP contribution in [0.5, 0.6) is 0 Å². The third-order valence-electron chi connectivity index (χ3n) is 2.17. The van der Waals surface area contributed by atoms with Crippen LogP contribution in [-0.4, -0.2) is 17.8 Å². The molecule has 0 heterocycles. The minimum absolute atomic E-state index is 0.121. The molecule has 90 valence electrons. The summed E-state index contributed by atoms with van der Waals surface area (Å²) < 4.78 is 4.76. The quantitative estimate of drug-likeness (QED) is 0.537. The minimum Gasteiger partial charge on any atom is -0.434 e. The second-order valence-corrected chi connectivity index (χ2v) is 3.37. The Balaban J connectivity index is 3.40. The van der Waals surface area contributed by atoms with Gasteiger partial charge in [0.2, 0.25) is 0 Å². The van der Waals surface area contributed by atoms with E-state index in [-0.39, 0.29) is 5.56 Å². The predicted molar refractivity (Wildman–Crippen MR) is 58.3 cm³/mol. The number of carbonyl (C=O) groups is 3. The van der Waals surface area contributed by atoms with Crippen molar-refractivity contribution < 1.29 is 19.1 Å². The molecule has 0 spiro atoms. The Labute approximate surface area is 97.5 Å². The van der Waals surface area contributed by atoms with Crippen molar-refractivity contribution in [3.63, 3.8) is 0 Å². The summed E-state index contributed by atoms with van der Waals surface area (Å²) in [6.07, 6.45) is 0. The zero-order valence-corrected chi connectivity index (χ0v) is 9.17.